The van der Waals surface area contributed by atoms with E-state index in [1.165, 1.54) is 11.0 Å². The lowest BCUT2D eigenvalue weighted by Gasteiger charge is -2.37. The van der Waals surface area contributed by atoms with E-state index in [1.54, 1.807) is 24.4 Å². The van der Waals surface area contributed by atoms with Crippen LogP contribution < -0.4 is 10.1 Å². The summed E-state index contributed by atoms with van der Waals surface area (Å²) >= 11 is 0. The van der Waals surface area contributed by atoms with Gasteiger partial charge in [0.15, 0.2) is 5.78 Å². The van der Waals surface area contributed by atoms with Crippen molar-refractivity contribution < 1.29 is 23.8 Å². The zero-order valence-electron chi connectivity index (χ0n) is 25.6. The molecular formula is C37H33FN4O4. The molecule has 0 saturated heterocycles. The highest BCUT2D eigenvalue weighted by Gasteiger charge is 2.46. The van der Waals surface area contributed by atoms with Gasteiger partial charge in [0.1, 0.15) is 29.6 Å². The molecule has 4 aromatic rings. The molecule has 1 amide bonds. The lowest BCUT2D eigenvalue weighted by molar-refractivity contribution is -0.118. The van der Waals surface area contributed by atoms with Crippen molar-refractivity contribution in [3.05, 3.63) is 136 Å². The number of fused-ring (bicyclic) bond motifs is 2. The number of para-hydroxylation sites is 1. The Morgan fingerprint density at radius 3 is 2.67 bits per heavy atom. The molecule has 8 nitrogen and oxygen atoms in total. The predicted octanol–water partition coefficient (Wildman–Crippen LogP) is 7.23. The van der Waals surface area contributed by atoms with Gasteiger partial charge in [-0.25, -0.2) is 14.4 Å². The van der Waals surface area contributed by atoms with Crippen LogP contribution in [0.15, 0.2) is 113 Å². The van der Waals surface area contributed by atoms with Gasteiger partial charge in [-0.15, -0.1) is 0 Å². The third-order valence-electron chi connectivity index (χ3n) is 8.66. The minimum absolute atomic E-state index is 0.0585. The van der Waals surface area contributed by atoms with Crippen molar-refractivity contribution in [2.45, 2.75) is 52.2 Å². The third-order valence-corrected chi connectivity index (χ3v) is 8.66. The summed E-state index contributed by atoms with van der Waals surface area (Å²) in [5, 5.41) is 15.2. The number of nitrogens with zero attached hydrogens (tertiary/aromatic N) is 3. The number of ketones is 1. The van der Waals surface area contributed by atoms with E-state index in [0.717, 1.165) is 10.9 Å². The van der Waals surface area contributed by atoms with Crippen LogP contribution >= 0.6 is 0 Å². The number of ether oxygens (including phenoxy) is 1. The number of hydrogen-bond donors (Lipinski definition) is 2. The number of allylic oxidation sites excluding steroid dienone is 3. The molecule has 46 heavy (non-hydrogen) atoms. The van der Waals surface area contributed by atoms with Crippen molar-refractivity contribution in [1.82, 2.24) is 20.2 Å². The van der Waals surface area contributed by atoms with E-state index in [-0.39, 0.29) is 41.5 Å². The first-order valence-corrected chi connectivity index (χ1v) is 15.4. The third kappa shape index (κ3) is 5.42. The Kier molecular flexibility index (Phi) is 7.39. The minimum atomic E-state index is -1.16. The number of nitrogens with one attached hydrogen (secondary N) is 1. The molecule has 0 saturated carbocycles. The van der Waals surface area contributed by atoms with Gasteiger partial charge >= 0.3 is 0 Å². The van der Waals surface area contributed by atoms with E-state index in [0.29, 0.717) is 47.6 Å². The first kappa shape index (κ1) is 29.4. The summed E-state index contributed by atoms with van der Waals surface area (Å²) in [7, 11) is 0. The second kappa shape index (κ2) is 11.6. The van der Waals surface area contributed by atoms with Crippen LogP contribution in [-0.2, 0) is 11.4 Å². The fourth-order valence-corrected chi connectivity index (χ4v) is 6.52. The summed E-state index contributed by atoms with van der Waals surface area (Å²) in [6.07, 6.45) is 4.87. The summed E-state index contributed by atoms with van der Waals surface area (Å²) in [4.78, 5) is 39.0. The summed E-state index contributed by atoms with van der Waals surface area (Å²) in [5.41, 5.74) is 2.74. The molecule has 1 unspecified atom stereocenters. The molecule has 9 heteroatoms. The number of amides is 1. The van der Waals surface area contributed by atoms with E-state index >= 15 is 4.39 Å². The number of aliphatic hydroxyl groups excluding tert-OH is 1. The fraction of sp³-hybridized carbons (Fsp3) is 0.243. The van der Waals surface area contributed by atoms with Crippen LogP contribution in [0.1, 0.15) is 67.3 Å². The second-order valence-corrected chi connectivity index (χ2v) is 12.7. The number of carbonyl (C=O) groups is 2. The van der Waals surface area contributed by atoms with Crippen LogP contribution in [0.4, 0.5) is 4.39 Å². The molecule has 2 heterocycles. The molecule has 0 spiro atoms. The summed E-state index contributed by atoms with van der Waals surface area (Å²) in [6.45, 7) is 4.24. The first-order chi connectivity index (χ1) is 22.2. The number of carbonyl (C=O) groups excluding carboxylic acids is 2. The van der Waals surface area contributed by atoms with Crippen LogP contribution in [0.25, 0.3) is 10.9 Å². The van der Waals surface area contributed by atoms with Gasteiger partial charge in [0.25, 0.3) is 5.91 Å². The van der Waals surface area contributed by atoms with Gasteiger partial charge in [-0.3, -0.25) is 14.5 Å². The standard InChI is InChI=1S/C37H33FN4O4/c1-37(2)18-28-32(31(44)19-37)34(25-16-15-24(17-26(25)38)46-21-22-9-4-3-5-10-22)42(29-13-8-14-30(43)33(29)40-28)36(45)35-39-20-23-11-6-7-12-27(23)41-35/h3-7,9-13,15-17,20,34,40,43H,8,14,18-19,21H2,1-2H3. The Bertz CT molecular complexity index is 1980. The van der Waals surface area contributed by atoms with Gasteiger partial charge in [-0.05, 0) is 42.0 Å². The van der Waals surface area contributed by atoms with Gasteiger partial charge in [-0.2, -0.15) is 0 Å². The second-order valence-electron chi connectivity index (χ2n) is 12.7. The van der Waals surface area contributed by atoms with E-state index < -0.39 is 23.2 Å². The highest BCUT2D eigenvalue weighted by molar-refractivity contribution is 6.02. The van der Waals surface area contributed by atoms with Crippen LogP contribution in [0, 0.1) is 11.2 Å². The molecule has 0 bridgehead atoms. The SMILES string of the molecule is CC1(C)CC(=O)C2=C(C1)NC1=C(O)CCC=C1N(C(=O)c1ncc3ccccc3n1)C2c1ccc(OCc2ccccc2)cc1F. The first-order valence-electron chi connectivity index (χ1n) is 15.4. The zero-order chi connectivity index (χ0) is 32.0. The van der Waals surface area contributed by atoms with Crippen molar-refractivity contribution in [3.63, 3.8) is 0 Å². The molecule has 2 aliphatic carbocycles. The molecule has 0 fully saturated rings. The Morgan fingerprint density at radius 1 is 1.09 bits per heavy atom. The van der Waals surface area contributed by atoms with Gasteiger partial charge in [0, 0.05) is 47.3 Å². The number of Topliss-reactive ketones (excluding diaryl/α,β-unsaturated/α-hetero) is 1. The Hall–Kier alpha value is -5.31. The lowest BCUT2D eigenvalue weighted by Crippen LogP contribution is -2.39. The van der Waals surface area contributed by atoms with Crippen molar-refractivity contribution >= 4 is 22.6 Å². The zero-order valence-corrected chi connectivity index (χ0v) is 25.6. The summed E-state index contributed by atoms with van der Waals surface area (Å²) < 4.78 is 22.3. The quantitative estimate of drug-likeness (QED) is 0.244. The van der Waals surface area contributed by atoms with Crippen molar-refractivity contribution in [2.75, 3.05) is 0 Å². The predicted molar refractivity (Wildman–Crippen MR) is 171 cm³/mol. The maximum atomic E-state index is 16.4. The normalized spacial score (nSPS) is 19.2. The average molecular weight is 617 g/mol. The van der Waals surface area contributed by atoms with Crippen LogP contribution in [0.3, 0.4) is 0 Å². The summed E-state index contributed by atoms with van der Waals surface area (Å²) in [6, 6.07) is 20.2. The Labute approximate surface area is 265 Å². The van der Waals surface area contributed by atoms with Gasteiger partial charge in [0.05, 0.1) is 17.3 Å². The van der Waals surface area contributed by atoms with Crippen LogP contribution in [-0.4, -0.2) is 31.7 Å². The fourth-order valence-electron chi connectivity index (χ4n) is 6.52. The van der Waals surface area contributed by atoms with Crippen molar-refractivity contribution in [3.8, 4) is 5.75 Å². The van der Waals surface area contributed by atoms with E-state index in [9.17, 15) is 14.7 Å². The number of rotatable bonds is 5. The molecule has 1 aliphatic heterocycles. The van der Waals surface area contributed by atoms with Crippen LogP contribution in [0.5, 0.6) is 5.75 Å². The van der Waals surface area contributed by atoms with E-state index in [4.69, 9.17) is 4.74 Å². The van der Waals surface area contributed by atoms with Gasteiger partial charge in [-0.1, -0.05) is 68.5 Å². The summed E-state index contributed by atoms with van der Waals surface area (Å²) in [5.74, 6) is -1.19. The molecule has 3 aromatic carbocycles. The topological polar surface area (TPSA) is 105 Å². The highest BCUT2D eigenvalue weighted by atomic mass is 19.1. The molecular weight excluding hydrogens is 583 g/mol. The largest absolute Gasteiger partial charge is 0.510 e. The smallest absolute Gasteiger partial charge is 0.297 e. The van der Waals surface area contributed by atoms with Crippen molar-refractivity contribution in [1.29, 1.82) is 0 Å². The Morgan fingerprint density at radius 2 is 1.87 bits per heavy atom. The molecule has 1 aromatic heterocycles. The number of halogens is 1. The molecule has 0 radical (unpaired) electrons. The van der Waals surface area contributed by atoms with Crippen molar-refractivity contribution in [2.24, 2.45) is 5.41 Å². The maximum absolute atomic E-state index is 16.4. The Balaban J connectivity index is 1.39. The molecule has 1 atom stereocenters. The molecule has 232 valence electrons. The molecule has 7 rings (SSSR count). The van der Waals surface area contributed by atoms with Gasteiger partial charge in [0.2, 0.25) is 5.82 Å². The lowest BCUT2D eigenvalue weighted by atomic mass is 9.73. The number of hydrogen-bond acceptors (Lipinski definition) is 7. The number of benzene rings is 3. The van der Waals surface area contributed by atoms with E-state index in [2.05, 4.69) is 15.3 Å². The highest BCUT2D eigenvalue weighted by Crippen LogP contribution is 2.48. The minimum Gasteiger partial charge on any atom is -0.510 e. The monoisotopic (exact) mass is 616 g/mol. The maximum Gasteiger partial charge on any atom is 0.297 e. The molecule has 3 aliphatic rings. The van der Waals surface area contributed by atoms with E-state index in [1.807, 2.05) is 68.5 Å². The molecule has 2 N–H and O–H groups in total. The number of aliphatic hydroxyl groups is 1. The van der Waals surface area contributed by atoms with Gasteiger partial charge < -0.3 is 15.2 Å². The van der Waals surface area contributed by atoms with Crippen LogP contribution in [0.2, 0.25) is 0 Å². The number of aromatic nitrogens is 2. The average Bonchev–Trinajstić information content (AvgIpc) is 3.18.